The van der Waals surface area contributed by atoms with Gasteiger partial charge in [-0.1, -0.05) is 80.6 Å². The Hall–Kier alpha value is -6.43. The Balaban J connectivity index is 0.000000182. The first kappa shape index (κ1) is 39.3. The summed E-state index contributed by atoms with van der Waals surface area (Å²) in [6, 6.07) is 37.1. The molecule has 0 unspecified atom stereocenters. The Kier molecular flexibility index (Phi) is 13.5. The fourth-order valence-electron chi connectivity index (χ4n) is 6.45. The molecule has 2 aliphatic heterocycles. The first-order valence-corrected chi connectivity index (χ1v) is 18.9. The molecule has 0 aliphatic carbocycles. The Morgan fingerprint density at radius 1 is 0.607 bits per heavy atom. The molecule has 4 heterocycles. The molecule has 0 saturated carbocycles. The van der Waals surface area contributed by atoms with Crippen LogP contribution < -0.4 is 14.2 Å². The van der Waals surface area contributed by atoms with Crippen molar-refractivity contribution in [3.8, 4) is 17.2 Å². The Bertz CT molecular complexity index is 2170. The van der Waals surface area contributed by atoms with Crippen molar-refractivity contribution in [1.29, 1.82) is 0 Å². The van der Waals surface area contributed by atoms with E-state index in [2.05, 4.69) is 22.3 Å². The van der Waals surface area contributed by atoms with E-state index >= 15 is 0 Å². The van der Waals surface area contributed by atoms with Gasteiger partial charge in [-0.05, 0) is 66.6 Å². The minimum atomic E-state index is -0.356. The van der Waals surface area contributed by atoms with Gasteiger partial charge in [0, 0.05) is 38.3 Å². The Morgan fingerprint density at radius 3 is 1.68 bits per heavy atom. The molecular formula is C44H47FN6O5. The van der Waals surface area contributed by atoms with Crippen LogP contribution in [0.3, 0.4) is 0 Å². The number of benzene rings is 4. The molecule has 56 heavy (non-hydrogen) atoms. The van der Waals surface area contributed by atoms with Gasteiger partial charge in [0.25, 0.3) is 11.8 Å². The van der Waals surface area contributed by atoms with Crippen molar-refractivity contribution in [3.63, 3.8) is 0 Å². The summed E-state index contributed by atoms with van der Waals surface area (Å²) in [5.41, 5.74) is 4.40. The number of halogens is 1. The van der Waals surface area contributed by atoms with Crippen molar-refractivity contribution in [2.24, 2.45) is 0 Å². The monoisotopic (exact) mass is 758 g/mol. The van der Waals surface area contributed by atoms with Crippen LogP contribution in [-0.2, 0) is 39.4 Å². The minimum Gasteiger partial charge on any atom is -0.496 e. The standard InChI is InChI=1S/C21H20FN3O3.C21H21N3O2.C2H6/c1-27-20-8-7-16(22)11-15(20)13-24-9-10-25-19(21(24)26)12-17(23-25)14-28-18-5-3-2-4-6-18;25-21-20-14-18(16-26-19-10-5-2-6-11-19)22-24(20)13-7-12-23(21)15-17-8-3-1-4-9-17;1-2/h2-8,11-12H,9-10,13-14H2,1H3;1-6,8-11,14H,7,12-13,15-16H2;1-2H3. The molecule has 12 heteroatoms. The van der Waals surface area contributed by atoms with Crippen LogP contribution in [0.1, 0.15) is 63.8 Å². The number of ether oxygens (including phenoxy) is 3. The summed E-state index contributed by atoms with van der Waals surface area (Å²) in [5, 5.41) is 9.03. The van der Waals surface area contributed by atoms with Gasteiger partial charge < -0.3 is 24.0 Å². The van der Waals surface area contributed by atoms with Gasteiger partial charge in [0.05, 0.1) is 13.7 Å². The first-order chi connectivity index (χ1) is 27.4. The van der Waals surface area contributed by atoms with Crippen molar-refractivity contribution in [2.45, 2.75) is 59.7 Å². The number of fused-ring (bicyclic) bond motifs is 2. The summed E-state index contributed by atoms with van der Waals surface area (Å²) < 4.78 is 33.9. The van der Waals surface area contributed by atoms with Gasteiger partial charge in [-0.15, -0.1) is 0 Å². The average Bonchev–Trinajstić information content (AvgIpc) is 3.83. The maximum Gasteiger partial charge on any atom is 0.272 e. The smallest absolute Gasteiger partial charge is 0.272 e. The van der Waals surface area contributed by atoms with Crippen LogP contribution >= 0.6 is 0 Å². The van der Waals surface area contributed by atoms with Crippen LogP contribution in [-0.4, -0.2) is 61.4 Å². The number of carbonyl (C=O) groups is 2. The van der Waals surface area contributed by atoms with Gasteiger partial charge in [-0.25, -0.2) is 4.39 Å². The predicted octanol–water partition coefficient (Wildman–Crippen LogP) is 7.80. The molecule has 0 saturated heterocycles. The van der Waals surface area contributed by atoms with E-state index < -0.39 is 0 Å². The number of methoxy groups -OCH3 is 1. The van der Waals surface area contributed by atoms with Gasteiger partial charge in [0.15, 0.2) is 0 Å². The minimum absolute atomic E-state index is 0.0322. The van der Waals surface area contributed by atoms with Gasteiger partial charge in [-0.3, -0.25) is 19.0 Å². The van der Waals surface area contributed by atoms with Gasteiger partial charge in [0.2, 0.25) is 0 Å². The molecule has 4 aromatic carbocycles. The van der Waals surface area contributed by atoms with Crippen LogP contribution in [0.25, 0.3) is 0 Å². The van der Waals surface area contributed by atoms with Crippen LogP contribution in [0.2, 0.25) is 0 Å². The molecule has 8 rings (SSSR count). The highest BCUT2D eigenvalue weighted by Gasteiger charge is 2.28. The number of para-hydroxylation sites is 2. The van der Waals surface area contributed by atoms with E-state index in [1.54, 1.807) is 21.7 Å². The van der Waals surface area contributed by atoms with Crippen LogP contribution in [0, 0.1) is 5.82 Å². The highest BCUT2D eigenvalue weighted by atomic mass is 19.1. The van der Waals surface area contributed by atoms with Crippen molar-refractivity contribution in [2.75, 3.05) is 20.2 Å². The number of hydrogen-bond donors (Lipinski definition) is 0. The number of aromatic nitrogens is 4. The Labute approximate surface area is 326 Å². The molecule has 0 bridgehead atoms. The third-order valence-electron chi connectivity index (χ3n) is 9.13. The zero-order chi connectivity index (χ0) is 39.3. The number of rotatable bonds is 11. The maximum atomic E-state index is 13.6. The number of amides is 2. The van der Waals surface area contributed by atoms with E-state index in [-0.39, 0.29) is 30.8 Å². The van der Waals surface area contributed by atoms with E-state index in [4.69, 9.17) is 14.2 Å². The summed E-state index contributed by atoms with van der Waals surface area (Å²) in [4.78, 5) is 29.4. The van der Waals surface area contributed by atoms with Crippen LogP contribution in [0.4, 0.5) is 4.39 Å². The largest absolute Gasteiger partial charge is 0.496 e. The summed E-state index contributed by atoms with van der Waals surface area (Å²) in [7, 11) is 1.53. The topological polar surface area (TPSA) is 104 Å². The van der Waals surface area contributed by atoms with Gasteiger partial charge in [0.1, 0.15) is 59.1 Å². The summed E-state index contributed by atoms with van der Waals surface area (Å²) in [5.74, 6) is 1.64. The van der Waals surface area contributed by atoms with Crippen molar-refractivity contribution < 1.29 is 28.2 Å². The number of carbonyl (C=O) groups excluding carboxylic acids is 2. The predicted molar refractivity (Wildman–Crippen MR) is 211 cm³/mol. The van der Waals surface area contributed by atoms with Crippen molar-refractivity contribution in [3.05, 3.63) is 161 Å². The second-order valence-electron chi connectivity index (χ2n) is 12.9. The summed E-state index contributed by atoms with van der Waals surface area (Å²) in [6.07, 6.45) is 0.895. The lowest BCUT2D eigenvalue weighted by atomic mass is 10.1. The normalized spacial score (nSPS) is 13.3. The molecule has 6 aromatic rings. The SMILES string of the molecule is CC.COc1ccc(F)cc1CN1CCn2nc(COc3ccccc3)cc2C1=O.O=C1c2cc(COc3ccccc3)nn2CCCN1Cc1ccccc1. The molecule has 2 aliphatic rings. The van der Waals surface area contributed by atoms with Crippen molar-refractivity contribution in [1.82, 2.24) is 29.4 Å². The fraction of sp³-hybridized carbons (Fsp3) is 0.273. The fourth-order valence-corrected chi connectivity index (χ4v) is 6.45. The maximum absolute atomic E-state index is 13.6. The Morgan fingerprint density at radius 2 is 1.12 bits per heavy atom. The second-order valence-corrected chi connectivity index (χ2v) is 12.9. The van der Waals surface area contributed by atoms with E-state index in [1.807, 2.05) is 108 Å². The second kappa shape index (κ2) is 19.2. The molecule has 0 radical (unpaired) electrons. The highest BCUT2D eigenvalue weighted by Crippen LogP contribution is 2.24. The molecule has 0 spiro atoms. The van der Waals surface area contributed by atoms with E-state index in [0.717, 1.165) is 42.3 Å². The third-order valence-corrected chi connectivity index (χ3v) is 9.13. The third kappa shape index (κ3) is 10.0. The van der Waals surface area contributed by atoms with E-state index in [1.165, 1.54) is 19.2 Å². The van der Waals surface area contributed by atoms with Gasteiger partial charge >= 0.3 is 0 Å². The number of hydrogen-bond acceptors (Lipinski definition) is 7. The van der Waals surface area contributed by atoms with Crippen molar-refractivity contribution >= 4 is 11.8 Å². The van der Waals surface area contributed by atoms with Gasteiger partial charge in [-0.2, -0.15) is 10.2 Å². The highest BCUT2D eigenvalue weighted by molar-refractivity contribution is 5.93. The molecule has 290 valence electrons. The van der Waals surface area contributed by atoms with Crippen LogP contribution in [0.5, 0.6) is 17.2 Å². The molecule has 0 N–H and O–H groups in total. The molecule has 11 nitrogen and oxygen atoms in total. The lowest BCUT2D eigenvalue weighted by molar-refractivity contribution is 0.0681. The summed E-state index contributed by atoms with van der Waals surface area (Å²) >= 11 is 0. The van der Waals surface area contributed by atoms with E-state index in [9.17, 15) is 14.0 Å². The molecule has 0 atom stereocenters. The average molecular weight is 759 g/mol. The summed E-state index contributed by atoms with van der Waals surface area (Å²) in [6.45, 7) is 8.10. The molecular weight excluding hydrogens is 712 g/mol. The molecule has 0 fully saturated rings. The van der Waals surface area contributed by atoms with Crippen LogP contribution in [0.15, 0.2) is 121 Å². The number of nitrogens with zero attached hydrogens (tertiary/aromatic N) is 6. The molecule has 2 amide bonds. The lowest BCUT2D eigenvalue weighted by Gasteiger charge is -2.28. The number of aryl methyl sites for hydroxylation is 1. The zero-order valence-electron chi connectivity index (χ0n) is 32.0. The molecule has 2 aromatic heterocycles. The van der Waals surface area contributed by atoms with E-state index in [0.29, 0.717) is 54.6 Å². The lowest BCUT2D eigenvalue weighted by Crippen LogP contribution is -2.39. The first-order valence-electron chi connectivity index (χ1n) is 18.9. The zero-order valence-corrected chi connectivity index (χ0v) is 32.0. The quantitative estimate of drug-likeness (QED) is 0.133.